The first-order chi connectivity index (χ1) is 8.59. The van der Waals surface area contributed by atoms with Gasteiger partial charge in [-0.05, 0) is 25.3 Å². The van der Waals surface area contributed by atoms with E-state index in [9.17, 15) is 14.3 Å². The molecule has 1 aromatic heterocycles. The highest BCUT2D eigenvalue weighted by atomic mass is 19.1. The zero-order chi connectivity index (χ0) is 13.2. The van der Waals surface area contributed by atoms with E-state index in [0.29, 0.717) is 31.6 Å². The fourth-order valence-electron chi connectivity index (χ4n) is 2.58. The molecular weight excluding hydrogens is 235 g/mol. The molecule has 18 heavy (non-hydrogen) atoms. The highest BCUT2D eigenvalue weighted by molar-refractivity contribution is 5.76. The molecule has 1 atom stereocenters. The quantitative estimate of drug-likeness (QED) is 0.896. The van der Waals surface area contributed by atoms with E-state index < -0.39 is 17.2 Å². The summed E-state index contributed by atoms with van der Waals surface area (Å²) in [4.78, 5) is 17.0. The van der Waals surface area contributed by atoms with Crippen molar-refractivity contribution in [3.63, 3.8) is 0 Å². The van der Waals surface area contributed by atoms with Crippen LogP contribution < -0.4 is 4.90 Å². The van der Waals surface area contributed by atoms with Gasteiger partial charge in [-0.1, -0.05) is 6.92 Å². The summed E-state index contributed by atoms with van der Waals surface area (Å²) < 4.78 is 13.7. The normalized spacial score (nSPS) is 24.0. The van der Waals surface area contributed by atoms with E-state index in [-0.39, 0.29) is 0 Å². The molecule has 0 saturated carbocycles. The maximum atomic E-state index is 13.7. The Labute approximate surface area is 105 Å². The van der Waals surface area contributed by atoms with Gasteiger partial charge in [-0.2, -0.15) is 0 Å². The van der Waals surface area contributed by atoms with Gasteiger partial charge < -0.3 is 10.0 Å². The van der Waals surface area contributed by atoms with E-state index in [4.69, 9.17) is 0 Å². The van der Waals surface area contributed by atoms with Gasteiger partial charge in [0.25, 0.3) is 0 Å². The summed E-state index contributed by atoms with van der Waals surface area (Å²) in [6, 6.07) is 1.60. The van der Waals surface area contributed by atoms with Crippen LogP contribution in [0.1, 0.15) is 26.2 Å². The second-order valence-corrected chi connectivity index (χ2v) is 4.79. The number of aromatic nitrogens is 1. The van der Waals surface area contributed by atoms with Crippen molar-refractivity contribution in [3.8, 4) is 0 Å². The van der Waals surface area contributed by atoms with E-state index in [0.717, 1.165) is 6.42 Å². The van der Waals surface area contributed by atoms with Gasteiger partial charge in [0.1, 0.15) is 0 Å². The molecule has 98 valence electrons. The predicted molar refractivity (Wildman–Crippen MR) is 66.0 cm³/mol. The summed E-state index contributed by atoms with van der Waals surface area (Å²) in [5, 5.41) is 9.39. The van der Waals surface area contributed by atoms with Gasteiger partial charge in [0.15, 0.2) is 5.82 Å². The molecule has 0 bridgehead atoms. The Morgan fingerprint density at radius 1 is 1.67 bits per heavy atom. The Morgan fingerprint density at radius 2 is 2.44 bits per heavy atom. The molecule has 1 N–H and O–H groups in total. The number of aliphatic carboxylic acids is 1. The van der Waals surface area contributed by atoms with E-state index in [1.165, 1.54) is 12.4 Å². The summed E-state index contributed by atoms with van der Waals surface area (Å²) in [6.07, 6.45) is 4.68. The number of rotatable bonds is 3. The minimum Gasteiger partial charge on any atom is -0.481 e. The number of hydrogen-bond acceptors (Lipinski definition) is 3. The second-order valence-electron chi connectivity index (χ2n) is 4.79. The lowest BCUT2D eigenvalue weighted by Gasteiger charge is -2.40. The first-order valence-corrected chi connectivity index (χ1v) is 6.17. The van der Waals surface area contributed by atoms with Gasteiger partial charge in [-0.25, -0.2) is 4.39 Å². The van der Waals surface area contributed by atoms with Crippen LogP contribution in [0.2, 0.25) is 0 Å². The molecule has 0 spiro atoms. The number of hydrogen-bond donors (Lipinski definition) is 1. The number of anilines is 1. The first-order valence-electron chi connectivity index (χ1n) is 6.17. The van der Waals surface area contributed by atoms with Crippen LogP contribution in [0.4, 0.5) is 10.1 Å². The van der Waals surface area contributed by atoms with Crippen LogP contribution in [0.15, 0.2) is 18.5 Å². The zero-order valence-electron chi connectivity index (χ0n) is 10.4. The van der Waals surface area contributed by atoms with Crippen LogP contribution in [-0.4, -0.2) is 29.1 Å². The SMILES string of the molecule is CCC1(C(=O)O)CCCN(c2ccncc2F)C1. The Bertz CT molecular complexity index is 452. The van der Waals surface area contributed by atoms with Crippen LogP contribution in [0.25, 0.3) is 0 Å². The van der Waals surface area contributed by atoms with Crippen LogP contribution in [-0.2, 0) is 4.79 Å². The van der Waals surface area contributed by atoms with Crippen LogP contribution in [0.5, 0.6) is 0 Å². The third kappa shape index (κ3) is 2.17. The number of halogens is 1. The summed E-state index contributed by atoms with van der Waals surface area (Å²) in [5.41, 5.74) is -0.308. The van der Waals surface area contributed by atoms with Crippen molar-refractivity contribution in [3.05, 3.63) is 24.3 Å². The van der Waals surface area contributed by atoms with E-state index >= 15 is 0 Å². The Morgan fingerprint density at radius 3 is 3.06 bits per heavy atom. The smallest absolute Gasteiger partial charge is 0.311 e. The van der Waals surface area contributed by atoms with E-state index in [1.807, 2.05) is 11.8 Å². The van der Waals surface area contributed by atoms with Gasteiger partial charge in [0, 0.05) is 19.3 Å². The molecule has 1 aliphatic heterocycles. The Balaban J connectivity index is 2.26. The average Bonchev–Trinajstić information content (AvgIpc) is 2.39. The standard InChI is InChI=1S/C13H17FN2O2/c1-2-13(12(17)18)5-3-7-16(9-13)11-4-6-15-8-10(11)14/h4,6,8H,2-3,5,7,9H2,1H3,(H,17,18). The summed E-state index contributed by atoms with van der Waals surface area (Å²) >= 11 is 0. The Kier molecular flexibility index (Phi) is 3.50. The maximum absolute atomic E-state index is 13.7. The van der Waals surface area contributed by atoms with Crippen molar-refractivity contribution in [1.82, 2.24) is 4.98 Å². The minimum absolute atomic E-state index is 0.361. The molecule has 4 nitrogen and oxygen atoms in total. The number of pyridine rings is 1. The largest absolute Gasteiger partial charge is 0.481 e. The molecule has 1 aliphatic rings. The molecular formula is C13H17FN2O2. The van der Waals surface area contributed by atoms with Crippen molar-refractivity contribution in [2.75, 3.05) is 18.0 Å². The molecule has 0 amide bonds. The zero-order valence-corrected chi connectivity index (χ0v) is 10.4. The van der Waals surface area contributed by atoms with Crippen molar-refractivity contribution in [2.45, 2.75) is 26.2 Å². The molecule has 1 unspecified atom stereocenters. The van der Waals surface area contributed by atoms with Crippen LogP contribution >= 0.6 is 0 Å². The molecule has 1 aromatic rings. The molecule has 0 aliphatic carbocycles. The molecule has 2 heterocycles. The highest BCUT2D eigenvalue weighted by Crippen LogP contribution is 2.36. The molecule has 5 heteroatoms. The third-order valence-electron chi connectivity index (χ3n) is 3.80. The molecule has 0 radical (unpaired) electrons. The van der Waals surface area contributed by atoms with Gasteiger partial charge in [-0.3, -0.25) is 9.78 Å². The fraction of sp³-hybridized carbons (Fsp3) is 0.538. The van der Waals surface area contributed by atoms with Crippen molar-refractivity contribution >= 4 is 11.7 Å². The minimum atomic E-state index is -0.788. The Hall–Kier alpha value is -1.65. The van der Waals surface area contributed by atoms with Crippen molar-refractivity contribution in [1.29, 1.82) is 0 Å². The van der Waals surface area contributed by atoms with Crippen molar-refractivity contribution in [2.24, 2.45) is 5.41 Å². The number of nitrogens with zero attached hydrogens (tertiary/aromatic N) is 2. The fourth-order valence-corrected chi connectivity index (χ4v) is 2.58. The highest BCUT2D eigenvalue weighted by Gasteiger charge is 2.41. The molecule has 2 rings (SSSR count). The van der Waals surface area contributed by atoms with Crippen molar-refractivity contribution < 1.29 is 14.3 Å². The van der Waals surface area contributed by atoms with Gasteiger partial charge in [0.05, 0.1) is 17.3 Å². The molecule has 0 aromatic carbocycles. The van der Waals surface area contributed by atoms with E-state index in [2.05, 4.69) is 4.98 Å². The molecule has 1 saturated heterocycles. The number of carbonyl (C=O) groups is 1. The van der Waals surface area contributed by atoms with Crippen LogP contribution in [0.3, 0.4) is 0 Å². The van der Waals surface area contributed by atoms with Gasteiger partial charge >= 0.3 is 5.97 Å². The monoisotopic (exact) mass is 252 g/mol. The predicted octanol–water partition coefficient (Wildman–Crippen LogP) is 2.30. The lowest BCUT2D eigenvalue weighted by molar-refractivity contribution is -0.149. The topological polar surface area (TPSA) is 53.4 Å². The summed E-state index contributed by atoms with van der Waals surface area (Å²) in [5.74, 6) is -1.18. The summed E-state index contributed by atoms with van der Waals surface area (Å²) in [6.45, 7) is 2.93. The van der Waals surface area contributed by atoms with E-state index in [1.54, 1.807) is 6.07 Å². The average molecular weight is 252 g/mol. The lowest BCUT2D eigenvalue weighted by atomic mass is 9.77. The maximum Gasteiger partial charge on any atom is 0.311 e. The summed E-state index contributed by atoms with van der Waals surface area (Å²) in [7, 11) is 0. The number of carboxylic acid groups (broad SMARTS) is 1. The van der Waals surface area contributed by atoms with Gasteiger partial charge in [-0.15, -0.1) is 0 Å². The number of piperidine rings is 1. The number of carboxylic acids is 1. The second kappa shape index (κ2) is 4.92. The first kappa shape index (κ1) is 12.8. The van der Waals surface area contributed by atoms with Crippen LogP contribution in [0, 0.1) is 11.2 Å². The third-order valence-corrected chi connectivity index (χ3v) is 3.80. The molecule has 1 fully saturated rings. The lowest BCUT2D eigenvalue weighted by Crippen LogP contribution is -2.47. The van der Waals surface area contributed by atoms with Gasteiger partial charge in [0.2, 0.25) is 0 Å².